The van der Waals surface area contributed by atoms with E-state index in [1.165, 1.54) is 0 Å². The standard InChI is InChI=1S/C14H16N4O.H2/c1-17-13(11-16-17)12-5-2-3-6-14(12)19-10-9-18-8-4-7-15-18;/h2-8,11,16H,9-10H2,1H3;1H. The van der Waals surface area contributed by atoms with E-state index in [2.05, 4.69) is 16.3 Å². The number of ether oxygens (including phenoxy) is 1. The summed E-state index contributed by atoms with van der Waals surface area (Å²) in [4.78, 5) is 0. The van der Waals surface area contributed by atoms with Crippen LogP contribution >= 0.6 is 0 Å². The minimum atomic E-state index is 0. The van der Waals surface area contributed by atoms with Crippen LogP contribution in [0.5, 0.6) is 5.75 Å². The first-order valence-electron chi connectivity index (χ1n) is 6.24. The molecule has 3 aromatic rings. The number of nitrogens with one attached hydrogen (secondary N) is 1. The summed E-state index contributed by atoms with van der Waals surface area (Å²) in [7, 11) is 1.98. The fourth-order valence-electron chi connectivity index (χ4n) is 2.00. The number of nitrogens with zero attached hydrogens (tertiary/aromatic N) is 3. The van der Waals surface area contributed by atoms with E-state index in [1.807, 2.05) is 53.1 Å². The largest absolute Gasteiger partial charge is 0.491 e. The van der Waals surface area contributed by atoms with Gasteiger partial charge in [0.2, 0.25) is 0 Å². The van der Waals surface area contributed by atoms with Crippen LogP contribution in [-0.4, -0.2) is 26.2 Å². The van der Waals surface area contributed by atoms with Crippen LogP contribution in [0, 0.1) is 0 Å². The number of benzene rings is 1. The molecule has 1 N–H and O–H groups in total. The van der Waals surface area contributed by atoms with Crippen molar-refractivity contribution < 1.29 is 6.16 Å². The van der Waals surface area contributed by atoms with Crippen molar-refractivity contribution in [3.8, 4) is 17.0 Å². The number of H-pyrrole nitrogens is 1. The third kappa shape index (κ3) is 2.40. The first kappa shape index (κ1) is 11.6. The molecule has 2 heterocycles. The smallest absolute Gasteiger partial charge is 0.128 e. The molecule has 5 nitrogen and oxygen atoms in total. The Hall–Kier alpha value is -2.43. The number of aromatic amines is 1. The Morgan fingerprint density at radius 1 is 1.32 bits per heavy atom. The van der Waals surface area contributed by atoms with Crippen molar-refractivity contribution in [3.63, 3.8) is 0 Å². The second kappa shape index (κ2) is 5.06. The van der Waals surface area contributed by atoms with Gasteiger partial charge in [-0.3, -0.25) is 9.36 Å². The van der Waals surface area contributed by atoms with E-state index in [0.29, 0.717) is 6.61 Å². The van der Waals surface area contributed by atoms with Gasteiger partial charge in [0.15, 0.2) is 0 Å². The van der Waals surface area contributed by atoms with E-state index >= 15 is 0 Å². The summed E-state index contributed by atoms with van der Waals surface area (Å²) in [6, 6.07) is 9.97. The lowest BCUT2D eigenvalue weighted by Crippen LogP contribution is -2.11. The van der Waals surface area contributed by atoms with E-state index in [4.69, 9.17) is 4.74 Å². The van der Waals surface area contributed by atoms with Crippen molar-refractivity contribution in [2.75, 3.05) is 6.61 Å². The van der Waals surface area contributed by atoms with Crippen LogP contribution in [0.4, 0.5) is 0 Å². The van der Waals surface area contributed by atoms with Crippen LogP contribution in [-0.2, 0) is 13.6 Å². The fourth-order valence-corrected chi connectivity index (χ4v) is 2.00. The number of hydrogen-bond donors (Lipinski definition) is 1. The maximum atomic E-state index is 5.86. The Morgan fingerprint density at radius 2 is 2.21 bits per heavy atom. The number of hydrogen-bond acceptors (Lipinski definition) is 2. The topological polar surface area (TPSA) is 47.8 Å². The molecular weight excluding hydrogens is 240 g/mol. The van der Waals surface area contributed by atoms with Gasteiger partial charge < -0.3 is 9.84 Å². The summed E-state index contributed by atoms with van der Waals surface area (Å²) in [6.07, 6.45) is 5.67. The number of aryl methyl sites for hydroxylation is 1. The van der Waals surface area contributed by atoms with Crippen LogP contribution in [0.3, 0.4) is 0 Å². The lowest BCUT2D eigenvalue weighted by atomic mass is 10.1. The monoisotopic (exact) mass is 258 g/mol. The van der Waals surface area contributed by atoms with E-state index in [1.54, 1.807) is 6.20 Å². The quantitative estimate of drug-likeness (QED) is 0.764. The maximum absolute atomic E-state index is 5.86. The SMILES string of the molecule is Cn1[nH]cc1-c1ccccc1OCCn1cccn1.[HH]. The molecule has 0 bridgehead atoms. The van der Waals surface area contributed by atoms with Crippen LogP contribution < -0.4 is 4.74 Å². The molecule has 19 heavy (non-hydrogen) atoms. The van der Waals surface area contributed by atoms with Gasteiger partial charge in [-0.25, -0.2) is 0 Å². The van der Waals surface area contributed by atoms with Crippen LogP contribution in [0.2, 0.25) is 0 Å². The van der Waals surface area contributed by atoms with Crippen molar-refractivity contribution in [1.82, 2.24) is 19.6 Å². The Bertz CT molecular complexity index is 642. The molecule has 2 aromatic heterocycles. The highest BCUT2D eigenvalue weighted by atomic mass is 16.5. The van der Waals surface area contributed by atoms with Crippen LogP contribution in [0.25, 0.3) is 11.3 Å². The molecule has 5 heteroatoms. The Morgan fingerprint density at radius 3 is 2.89 bits per heavy atom. The van der Waals surface area contributed by atoms with Crippen LogP contribution in [0.1, 0.15) is 1.43 Å². The molecule has 100 valence electrons. The third-order valence-corrected chi connectivity index (χ3v) is 3.06. The van der Waals surface area contributed by atoms with Gasteiger partial charge >= 0.3 is 0 Å². The Kier molecular flexibility index (Phi) is 3.10. The lowest BCUT2D eigenvalue weighted by molar-refractivity contribution is 0.292. The molecule has 0 atom stereocenters. The number of aromatic nitrogens is 4. The average molecular weight is 258 g/mol. The van der Waals surface area contributed by atoms with Gasteiger partial charge in [-0.2, -0.15) is 5.10 Å². The van der Waals surface area contributed by atoms with Crippen molar-refractivity contribution in [2.45, 2.75) is 6.54 Å². The van der Waals surface area contributed by atoms with Gasteiger partial charge in [0.05, 0.1) is 12.2 Å². The molecule has 1 aromatic carbocycles. The second-order valence-corrected chi connectivity index (χ2v) is 4.33. The lowest BCUT2D eigenvalue weighted by Gasteiger charge is -2.16. The average Bonchev–Trinajstić information content (AvgIpc) is 2.92. The van der Waals surface area contributed by atoms with Gasteiger partial charge in [0.25, 0.3) is 0 Å². The van der Waals surface area contributed by atoms with Crippen molar-refractivity contribution in [2.24, 2.45) is 7.05 Å². The molecule has 0 amide bonds. The van der Waals surface area contributed by atoms with E-state index < -0.39 is 0 Å². The van der Waals surface area contributed by atoms with Gasteiger partial charge in [-0.1, -0.05) is 12.1 Å². The van der Waals surface area contributed by atoms with Gasteiger partial charge in [0.1, 0.15) is 12.4 Å². The minimum Gasteiger partial charge on any atom is -0.491 e. The predicted octanol–water partition coefficient (Wildman–Crippen LogP) is 2.54. The zero-order chi connectivity index (χ0) is 13.1. The van der Waals surface area contributed by atoms with Crippen molar-refractivity contribution >= 4 is 0 Å². The normalized spacial score (nSPS) is 10.8. The summed E-state index contributed by atoms with van der Waals surface area (Å²) >= 11 is 0. The van der Waals surface area contributed by atoms with Gasteiger partial charge in [-0.05, 0) is 18.2 Å². The summed E-state index contributed by atoms with van der Waals surface area (Å²) in [6.45, 7) is 1.34. The minimum absolute atomic E-state index is 0. The fraction of sp³-hybridized carbons (Fsp3) is 0.214. The number of para-hydroxylation sites is 1. The summed E-state index contributed by atoms with van der Waals surface area (Å²) < 4.78 is 9.69. The Labute approximate surface area is 112 Å². The molecule has 0 spiro atoms. The highest BCUT2D eigenvalue weighted by Gasteiger charge is 2.10. The van der Waals surface area contributed by atoms with Gasteiger partial charge in [0, 0.05) is 32.6 Å². The summed E-state index contributed by atoms with van der Waals surface area (Å²) in [5.74, 6) is 0.897. The van der Waals surface area contributed by atoms with E-state index in [0.717, 1.165) is 23.6 Å². The molecule has 0 fully saturated rings. The summed E-state index contributed by atoms with van der Waals surface area (Å²) in [5.41, 5.74) is 2.24. The highest BCUT2D eigenvalue weighted by Crippen LogP contribution is 2.29. The molecule has 0 radical (unpaired) electrons. The maximum Gasteiger partial charge on any atom is 0.128 e. The van der Waals surface area contributed by atoms with E-state index in [-0.39, 0.29) is 1.43 Å². The highest BCUT2D eigenvalue weighted by molar-refractivity contribution is 5.67. The zero-order valence-corrected chi connectivity index (χ0v) is 10.8. The van der Waals surface area contributed by atoms with E-state index in [9.17, 15) is 0 Å². The molecular formula is C14H18N4O. The molecule has 3 rings (SSSR count). The molecule has 0 aliphatic carbocycles. The van der Waals surface area contributed by atoms with Gasteiger partial charge in [-0.15, -0.1) is 0 Å². The Balaban J connectivity index is 0.00000147. The van der Waals surface area contributed by atoms with Crippen molar-refractivity contribution in [1.29, 1.82) is 0 Å². The number of rotatable bonds is 5. The van der Waals surface area contributed by atoms with Crippen molar-refractivity contribution in [3.05, 3.63) is 48.9 Å². The first-order chi connectivity index (χ1) is 9.34. The third-order valence-electron chi connectivity index (χ3n) is 3.06. The predicted molar refractivity (Wildman–Crippen MR) is 75.0 cm³/mol. The molecule has 0 saturated carbocycles. The van der Waals surface area contributed by atoms with Crippen LogP contribution in [0.15, 0.2) is 48.9 Å². The first-order valence-corrected chi connectivity index (χ1v) is 6.24. The molecule has 0 aliphatic rings. The zero-order valence-electron chi connectivity index (χ0n) is 10.8. The molecule has 0 unspecified atom stereocenters. The molecule has 0 saturated heterocycles. The molecule has 0 aliphatic heterocycles. The second-order valence-electron chi connectivity index (χ2n) is 4.33. The summed E-state index contributed by atoms with van der Waals surface area (Å²) in [5, 5.41) is 7.22.